The molecule has 0 bridgehead atoms. The molecule has 1 aromatic carbocycles. The summed E-state index contributed by atoms with van der Waals surface area (Å²) in [7, 11) is 0. The van der Waals surface area contributed by atoms with E-state index in [4.69, 9.17) is 5.11 Å². The van der Waals surface area contributed by atoms with Gasteiger partial charge in [-0.2, -0.15) is 0 Å². The van der Waals surface area contributed by atoms with E-state index < -0.39 is 0 Å². The summed E-state index contributed by atoms with van der Waals surface area (Å²) in [5.41, 5.74) is 2.86. The van der Waals surface area contributed by atoms with Crippen LogP contribution in [-0.4, -0.2) is 48.1 Å². The van der Waals surface area contributed by atoms with Crippen molar-refractivity contribution in [2.75, 3.05) is 31.1 Å². The van der Waals surface area contributed by atoms with E-state index in [-0.39, 0.29) is 18.4 Å². The summed E-state index contributed by atoms with van der Waals surface area (Å²) in [6.07, 6.45) is 9.24. The van der Waals surface area contributed by atoms with Gasteiger partial charge in [0.2, 0.25) is 0 Å². The Morgan fingerprint density at radius 2 is 1.94 bits per heavy atom. The van der Waals surface area contributed by atoms with E-state index in [1.807, 2.05) is 17.0 Å². The van der Waals surface area contributed by atoms with Crippen molar-refractivity contribution in [3.8, 4) is 0 Å². The van der Waals surface area contributed by atoms with Gasteiger partial charge in [0.05, 0.1) is 5.56 Å². The molecule has 166 valence electrons. The Kier molecular flexibility index (Phi) is 8.99. The third-order valence-corrected chi connectivity index (χ3v) is 5.46. The number of aliphatic hydroxyl groups is 1. The lowest BCUT2D eigenvalue weighted by molar-refractivity contribution is 0.0950. The second kappa shape index (κ2) is 12.2. The van der Waals surface area contributed by atoms with Crippen molar-refractivity contribution >= 4 is 17.5 Å². The number of aromatic nitrogens is 1. The zero-order valence-corrected chi connectivity index (χ0v) is 18.0. The first-order chi connectivity index (χ1) is 15.2. The van der Waals surface area contributed by atoms with Crippen molar-refractivity contribution < 1.29 is 14.7 Å². The number of hydrogen-bond donors (Lipinski definition) is 3. The molecule has 0 fully saturated rings. The maximum absolute atomic E-state index is 13.3. The number of rotatable bonds is 5. The number of benzene rings is 1. The number of aliphatic hydroxyl groups excluding tert-OH is 1. The van der Waals surface area contributed by atoms with Crippen molar-refractivity contribution in [2.24, 2.45) is 0 Å². The number of anilines is 1. The predicted molar refractivity (Wildman–Crippen MR) is 121 cm³/mol. The van der Waals surface area contributed by atoms with Gasteiger partial charge in [0.25, 0.3) is 11.8 Å². The molecule has 7 heteroatoms. The normalized spacial score (nSPS) is 15.3. The Morgan fingerprint density at radius 1 is 1.10 bits per heavy atom. The van der Waals surface area contributed by atoms with E-state index in [1.54, 1.807) is 30.6 Å². The van der Waals surface area contributed by atoms with Crippen LogP contribution in [-0.2, 0) is 6.54 Å². The second-order valence-electron chi connectivity index (χ2n) is 7.82. The molecule has 0 atom stereocenters. The number of nitrogens with one attached hydrogen (secondary N) is 2. The van der Waals surface area contributed by atoms with Gasteiger partial charge < -0.3 is 20.6 Å². The summed E-state index contributed by atoms with van der Waals surface area (Å²) in [4.78, 5) is 31.8. The highest BCUT2D eigenvalue weighted by Crippen LogP contribution is 2.25. The molecule has 2 heterocycles. The number of nitrogens with zero attached hydrogens (tertiary/aromatic N) is 2. The monoisotopic (exact) mass is 424 g/mol. The van der Waals surface area contributed by atoms with Crippen LogP contribution in [0.2, 0.25) is 0 Å². The Morgan fingerprint density at radius 3 is 2.74 bits per heavy atom. The fourth-order valence-corrected chi connectivity index (χ4v) is 3.76. The van der Waals surface area contributed by atoms with Crippen LogP contribution in [0.15, 0.2) is 42.7 Å². The Bertz CT molecular complexity index is 857. The van der Waals surface area contributed by atoms with Gasteiger partial charge in [0.1, 0.15) is 0 Å². The molecule has 0 aliphatic carbocycles. The highest BCUT2D eigenvalue weighted by molar-refractivity contribution is 6.06. The minimum Gasteiger partial charge on any atom is -0.396 e. The van der Waals surface area contributed by atoms with Crippen LogP contribution in [0.4, 0.5) is 5.69 Å². The number of amides is 2. The molecular weight excluding hydrogens is 392 g/mol. The second-order valence-corrected chi connectivity index (χ2v) is 7.82. The van der Waals surface area contributed by atoms with Crippen LogP contribution in [0.3, 0.4) is 0 Å². The summed E-state index contributed by atoms with van der Waals surface area (Å²) >= 11 is 0. The molecule has 31 heavy (non-hydrogen) atoms. The molecule has 0 saturated heterocycles. The molecule has 0 spiro atoms. The lowest BCUT2D eigenvalue weighted by Gasteiger charge is -2.26. The van der Waals surface area contributed by atoms with Crippen LogP contribution in [0.5, 0.6) is 0 Å². The van der Waals surface area contributed by atoms with Gasteiger partial charge in [-0.1, -0.05) is 19.3 Å². The molecule has 3 N–H and O–H groups in total. The average Bonchev–Trinajstić information content (AvgIpc) is 2.80. The first kappa shape index (κ1) is 22.9. The summed E-state index contributed by atoms with van der Waals surface area (Å²) < 4.78 is 0. The van der Waals surface area contributed by atoms with Crippen LogP contribution in [0.1, 0.15) is 64.8 Å². The van der Waals surface area contributed by atoms with E-state index in [0.717, 1.165) is 43.5 Å². The van der Waals surface area contributed by atoms with Gasteiger partial charge >= 0.3 is 0 Å². The molecule has 2 aromatic rings. The Balaban J connectivity index is 1.91. The van der Waals surface area contributed by atoms with Crippen molar-refractivity contribution in [1.82, 2.24) is 15.6 Å². The fraction of sp³-hybridized carbons (Fsp3) is 0.458. The summed E-state index contributed by atoms with van der Waals surface area (Å²) in [5.74, 6) is -0.251. The minimum atomic E-state index is -0.174. The van der Waals surface area contributed by atoms with Crippen LogP contribution < -0.4 is 15.5 Å². The summed E-state index contributed by atoms with van der Waals surface area (Å²) in [6.45, 7) is 2.59. The minimum absolute atomic E-state index is 0.0415. The van der Waals surface area contributed by atoms with Gasteiger partial charge in [-0.15, -0.1) is 0 Å². The van der Waals surface area contributed by atoms with Gasteiger partial charge in [0, 0.05) is 49.9 Å². The third-order valence-electron chi connectivity index (χ3n) is 5.46. The molecule has 3 rings (SSSR count). The molecule has 0 radical (unpaired) electrons. The quantitative estimate of drug-likeness (QED) is 0.642. The standard InChI is InChI=1S/C24H32N4O3/c29-15-7-13-27-23(30)19-9-10-22-21(16-19)18-25-11-4-2-1-3-5-14-28(22)24(31)20-8-6-12-26-17-20/h6,8-10,12,16-17,25,29H,1-5,7,11,13-15,18H2,(H,27,30). The summed E-state index contributed by atoms with van der Waals surface area (Å²) in [5, 5.41) is 15.2. The maximum atomic E-state index is 13.3. The molecule has 0 unspecified atom stereocenters. The van der Waals surface area contributed by atoms with Crippen molar-refractivity contribution in [2.45, 2.75) is 45.1 Å². The van der Waals surface area contributed by atoms with Crippen LogP contribution in [0.25, 0.3) is 0 Å². The number of fused-ring (bicyclic) bond motifs is 1. The Hall–Kier alpha value is -2.77. The maximum Gasteiger partial charge on any atom is 0.259 e. The van der Waals surface area contributed by atoms with Crippen LogP contribution in [0, 0.1) is 0 Å². The molecular formula is C24H32N4O3. The molecule has 1 aliphatic heterocycles. The van der Waals surface area contributed by atoms with Crippen molar-refractivity contribution in [3.05, 3.63) is 59.4 Å². The third kappa shape index (κ3) is 6.60. The molecule has 1 aromatic heterocycles. The molecule has 1 aliphatic rings. The van der Waals surface area contributed by atoms with E-state index in [0.29, 0.717) is 37.2 Å². The SMILES string of the molecule is O=C(NCCCO)c1ccc2c(c1)CNCCCCCCCN2C(=O)c1cccnc1. The van der Waals surface area contributed by atoms with E-state index in [9.17, 15) is 9.59 Å². The fourth-order valence-electron chi connectivity index (χ4n) is 3.76. The number of pyridine rings is 1. The van der Waals surface area contributed by atoms with Gasteiger partial charge in [0.15, 0.2) is 0 Å². The first-order valence-electron chi connectivity index (χ1n) is 11.2. The van der Waals surface area contributed by atoms with Gasteiger partial charge in [-0.05, 0) is 61.7 Å². The first-order valence-corrected chi connectivity index (χ1v) is 11.2. The van der Waals surface area contributed by atoms with E-state index in [2.05, 4.69) is 15.6 Å². The Labute approximate surface area is 183 Å². The number of hydrogen-bond acceptors (Lipinski definition) is 5. The van der Waals surface area contributed by atoms with Gasteiger partial charge in [-0.3, -0.25) is 14.6 Å². The lowest BCUT2D eigenvalue weighted by Crippen LogP contribution is -2.34. The van der Waals surface area contributed by atoms with E-state index in [1.165, 1.54) is 6.42 Å². The summed E-state index contributed by atoms with van der Waals surface area (Å²) in [6, 6.07) is 9.06. The predicted octanol–water partition coefficient (Wildman–Crippen LogP) is 2.89. The van der Waals surface area contributed by atoms with Gasteiger partial charge in [-0.25, -0.2) is 0 Å². The molecule has 7 nitrogen and oxygen atoms in total. The van der Waals surface area contributed by atoms with E-state index >= 15 is 0 Å². The number of carbonyl (C=O) groups excluding carboxylic acids is 2. The molecule has 2 amide bonds. The zero-order valence-electron chi connectivity index (χ0n) is 18.0. The number of carbonyl (C=O) groups is 2. The topological polar surface area (TPSA) is 94.6 Å². The lowest BCUT2D eigenvalue weighted by atomic mass is 10.0. The van der Waals surface area contributed by atoms with Crippen molar-refractivity contribution in [3.63, 3.8) is 0 Å². The average molecular weight is 425 g/mol. The smallest absolute Gasteiger partial charge is 0.259 e. The largest absolute Gasteiger partial charge is 0.396 e. The highest BCUT2D eigenvalue weighted by atomic mass is 16.3. The highest BCUT2D eigenvalue weighted by Gasteiger charge is 2.21. The van der Waals surface area contributed by atoms with Crippen molar-refractivity contribution in [1.29, 1.82) is 0 Å². The zero-order chi connectivity index (χ0) is 21.9. The molecule has 0 saturated carbocycles. The van der Waals surface area contributed by atoms with Crippen LogP contribution >= 0.6 is 0 Å².